The van der Waals surface area contributed by atoms with Gasteiger partial charge in [-0.3, -0.25) is 0 Å². The van der Waals surface area contributed by atoms with Crippen LogP contribution in [0.5, 0.6) is 5.75 Å². The number of aryl methyl sites for hydroxylation is 1. The van der Waals surface area contributed by atoms with Gasteiger partial charge in [-0.15, -0.1) is 4.99 Å². The number of amidine groups is 1. The molecule has 1 aliphatic heterocycles. The summed E-state index contributed by atoms with van der Waals surface area (Å²) in [6.45, 7) is 6.29. The fraction of sp³-hybridized carbons (Fsp3) is 0.300. The Morgan fingerprint density at radius 2 is 2.11 bits per heavy atom. The second kappa shape index (κ2) is 7.56. The Kier molecular flexibility index (Phi) is 4.81. The highest BCUT2D eigenvalue weighted by Crippen LogP contribution is 2.27. The van der Waals surface area contributed by atoms with Crippen LogP contribution in [0.4, 0.5) is 5.82 Å². The van der Waals surface area contributed by atoms with Crippen molar-refractivity contribution < 1.29 is 4.74 Å². The van der Waals surface area contributed by atoms with Crippen LogP contribution in [-0.4, -0.2) is 51.5 Å². The van der Waals surface area contributed by atoms with Gasteiger partial charge in [0.15, 0.2) is 0 Å². The first-order valence-corrected chi connectivity index (χ1v) is 9.17. The van der Waals surface area contributed by atoms with E-state index in [1.807, 2.05) is 47.6 Å². The normalized spacial score (nSPS) is 17.6. The van der Waals surface area contributed by atoms with Gasteiger partial charge in [0.2, 0.25) is 6.19 Å². The number of nitrogens with zero attached hydrogens (tertiary/aromatic N) is 6. The lowest BCUT2D eigenvalue weighted by atomic mass is 10.1. The number of aliphatic imine (C=N–C) groups is 1. The molecule has 142 valence electrons. The summed E-state index contributed by atoms with van der Waals surface area (Å²) in [5.41, 5.74) is 1.97. The average Bonchev–Trinajstić information content (AvgIpc) is 3.10. The van der Waals surface area contributed by atoms with E-state index in [0.717, 1.165) is 35.5 Å². The molecule has 3 heterocycles. The molecule has 3 aromatic rings. The maximum absolute atomic E-state index is 9.11. The summed E-state index contributed by atoms with van der Waals surface area (Å²) in [6.07, 6.45) is 5.40. The number of benzene rings is 1. The third-order valence-corrected chi connectivity index (χ3v) is 4.92. The van der Waals surface area contributed by atoms with Crippen LogP contribution in [0.25, 0.3) is 11.0 Å². The minimum atomic E-state index is 0.0915. The zero-order chi connectivity index (χ0) is 19.5. The Morgan fingerprint density at radius 3 is 2.86 bits per heavy atom. The number of para-hydroxylation sites is 1. The largest absolute Gasteiger partial charge is 0.425 e. The van der Waals surface area contributed by atoms with Gasteiger partial charge in [0.05, 0.1) is 5.39 Å². The highest BCUT2D eigenvalue weighted by atomic mass is 16.5. The smallest absolute Gasteiger partial charge is 0.308 e. The number of piperazine rings is 1. The van der Waals surface area contributed by atoms with Crippen LogP contribution in [-0.2, 0) is 0 Å². The van der Waals surface area contributed by atoms with E-state index in [1.165, 1.54) is 0 Å². The molecule has 1 aliphatic rings. The van der Waals surface area contributed by atoms with Gasteiger partial charge >= 0.3 is 6.02 Å². The van der Waals surface area contributed by atoms with E-state index in [-0.39, 0.29) is 6.04 Å². The fourth-order valence-corrected chi connectivity index (χ4v) is 3.55. The van der Waals surface area contributed by atoms with E-state index >= 15 is 0 Å². The van der Waals surface area contributed by atoms with Gasteiger partial charge in [-0.1, -0.05) is 18.2 Å². The SMILES string of the molecule is Cc1c[nH]c2ncnc(N3CCN(/C(=N/C#N)Oc4ccccc4)[C@@H](C)C3)c12. The molecular weight excluding hydrogens is 354 g/mol. The fourth-order valence-electron chi connectivity index (χ4n) is 3.55. The molecular formula is C20H21N7O. The summed E-state index contributed by atoms with van der Waals surface area (Å²) in [7, 11) is 0. The van der Waals surface area contributed by atoms with Crippen LogP contribution in [0.3, 0.4) is 0 Å². The molecule has 28 heavy (non-hydrogen) atoms. The van der Waals surface area contributed by atoms with Crippen molar-refractivity contribution in [3.05, 3.63) is 48.4 Å². The van der Waals surface area contributed by atoms with Crippen molar-refractivity contribution in [3.63, 3.8) is 0 Å². The molecule has 0 spiro atoms. The number of aromatic nitrogens is 3. The predicted molar refractivity (Wildman–Crippen MR) is 107 cm³/mol. The first-order valence-electron chi connectivity index (χ1n) is 9.17. The Morgan fingerprint density at radius 1 is 1.29 bits per heavy atom. The van der Waals surface area contributed by atoms with Crippen molar-refractivity contribution in [2.75, 3.05) is 24.5 Å². The van der Waals surface area contributed by atoms with Crippen molar-refractivity contribution in [3.8, 4) is 11.9 Å². The monoisotopic (exact) mass is 375 g/mol. The molecule has 1 atom stereocenters. The lowest BCUT2D eigenvalue weighted by molar-refractivity contribution is 0.254. The number of rotatable bonds is 2. The van der Waals surface area contributed by atoms with Gasteiger partial charge in [-0.05, 0) is 31.5 Å². The molecule has 1 fully saturated rings. The Bertz CT molecular complexity index is 1040. The van der Waals surface area contributed by atoms with E-state index in [2.05, 4.69) is 38.7 Å². The number of hydrogen-bond acceptors (Lipinski definition) is 6. The molecule has 8 heteroatoms. The molecule has 0 unspecified atom stereocenters. The van der Waals surface area contributed by atoms with E-state index < -0.39 is 0 Å². The average molecular weight is 375 g/mol. The van der Waals surface area contributed by atoms with Crippen molar-refractivity contribution >= 4 is 22.9 Å². The lowest BCUT2D eigenvalue weighted by Crippen LogP contribution is -2.55. The number of nitriles is 1. The van der Waals surface area contributed by atoms with Gasteiger partial charge < -0.3 is 19.5 Å². The molecule has 0 bridgehead atoms. The molecule has 0 amide bonds. The van der Waals surface area contributed by atoms with Gasteiger partial charge in [0.1, 0.15) is 23.5 Å². The van der Waals surface area contributed by atoms with Gasteiger partial charge in [0, 0.05) is 31.9 Å². The van der Waals surface area contributed by atoms with Crippen LogP contribution in [0, 0.1) is 18.4 Å². The van der Waals surface area contributed by atoms with Crippen LogP contribution in [0.1, 0.15) is 12.5 Å². The minimum Gasteiger partial charge on any atom is -0.425 e. The second-order valence-corrected chi connectivity index (χ2v) is 6.79. The van der Waals surface area contributed by atoms with Crippen LogP contribution in [0.2, 0.25) is 0 Å². The standard InChI is InChI=1S/C20H21N7O/c1-14-10-22-18-17(14)19(25-13-24-18)26-8-9-27(15(2)11-26)20(23-12-21)28-16-6-4-3-5-7-16/h3-7,10,13,15H,8-9,11H2,1-2H3,(H,22,24,25)/b23-20-/t15-/m0/s1. The van der Waals surface area contributed by atoms with Crippen LogP contribution >= 0.6 is 0 Å². The third kappa shape index (κ3) is 3.34. The van der Waals surface area contributed by atoms with Crippen LogP contribution < -0.4 is 9.64 Å². The van der Waals surface area contributed by atoms with Crippen molar-refractivity contribution in [1.82, 2.24) is 19.9 Å². The summed E-state index contributed by atoms with van der Waals surface area (Å²) >= 11 is 0. The maximum Gasteiger partial charge on any atom is 0.308 e. The van der Waals surface area contributed by atoms with E-state index in [4.69, 9.17) is 10.00 Å². The Hall–Kier alpha value is -3.60. The predicted octanol–water partition coefficient (Wildman–Crippen LogP) is 2.69. The molecule has 8 nitrogen and oxygen atoms in total. The number of aromatic amines is 1. The van der Waals surface area contributed by atoms with Crippen molar-refractivity contribution in [2.24, 2.45) is 4.99 Å². The highest BCUT2D eigenvalue weighted by molar-refractivity contribution is 5.90. The summed E-state index contributed by atoms with van der Waals surface area (Å²) in [6, 6.07) is 9.81. The summed E-state index contributed by atoms with van der Waals surface area (Å²) in [5.74, 6) is 1.59. The lowest BCUT2D eigenvalue weighted by Gasteiger charge is -2.41. The van der Waals surface area contributed by atoms with Crippen molar-refractivity contribution in [1.29, 1.82) is 5.26 Å². The van der Waals surface area contributed by atoms with E-state index in [9.17, 15) is 0 Å². The maximum atomic E-state index is 9.11. The van der Waals surface area contributed by atoms with Gasteiger partial charge in [-0.25, -0.2) is 9.97 Å². The molecule has 0 aliphatic carbocycles. The number of H-pyrrole nitrogens is 1. The molecule has 1 N–H and O–H groups in total. The van der Waals surface area contributed by atoms with Gasteiger partial charge in [0.25, 0.3) is 0 Å². The first kappa shape index (κ1) is 17.8. The quantitative estimate of drug-likeness (QED) is 0.420. The minimum absolute atomic E-state index is 0.0915. The Balaban J connectivity index is 1.55. The number of ether oxygens (including phenoxy) is 1. The number of nitrogens with one attached hydrogen (secondary N) is 1. The number of anilines is 1. The van der Waals surface area contributed by atoms with E-state index in [0.29, 0.717) is 18.3 Å². The second-order valence-electron chi connectivity index (χ2n) is 6.79. The Labute approximate surface area is 163 Å². The summed E-state index contributed by atoms with van der Waals surface area (Å²) in [5, 5.41) is 10.2. The summed E-state index contributed by atoms with van der Waals surface area (Å²) < 4.78 is 5.89. The molecule has 4 rings (SSSR count). The molecule has 1 saturated heterocycles. The molecule has 1 aromatic carbocycles. The molecule has 0 saturated carbocycles. The van der Waals surface area contributed by atoms with Crippen molar-refractivity contribution in [2.45, 2.75) is 19.9 Å². The topological polar surface area (TPSA) is 93.4 Å². The third-order valence-electron chi connectivity index (χ3n) is 4.92. The first-order chi connectivity index (χ1) is 13.7. The number of fused-ring (bicyclic) bond motifs is 1. The summed E-state index contributed by atoms with van der Waals surface area (Å²) in [4.78, 5) is 20.2. The highest BCUT2D eigenvalue weighted by Gasteiger charge is 2.29. The van der Waals surface area contributed by atoms with Gasteiger partial charge in [-0.2, -0.15) is 5.26 Å². The molecule has 0 radical (unpaired) electrons. The zero-order valence-corrected chi connectivity index (χ0v) is 15.8. The van der Waals surface area contributed by atoms with Crippen LogP contribution in [0.15, 0.2) is 47.8 Å². The zero-order valence-electron chi connectivity index (χ0n) is 15.8. The number of hydrogen-bond donors (Lipinski definition) is 1. The van der Waals surface area contributed by atoms with E-state index in [1.54, 1.807) is 6.33 Å². The molecule has 2 aromatic heterocycles.